The lowest BCUT2D eigenvalue weighted by Gasteiger charge is -2.04. The standard InChI is InChI=1S/C11H14N2.C2H6/c1-4-5-12-7-11-6-9(2)10(3)13-8-11;1-2/h1,6,8,12H,5,7H2,2-3H3;1-2H3. The van der Waals surface area contributed by atoms with E-state index in [9.17, 15) is 0 Å². The van der Waals surface area contributed by atoms with Gasteiger partial charge >= 0.3 is 0 Å². The molecule has 1 N–H and O–H groups in total. The van der Waals surface area contributed by atoms with Crippen LogP contribution in [0.2, 0.25) is 0 Å². The first kappa shape index (κ1) is 13.7. The van der Waals surface area contributed by atoms with Gasteiger partial charge in [0.25, 0.3) is 0 Å². The molecule has 0 unspecified atom stereocenters. The van der Waals surface area contributed by atoms with E-state index in [1.807, 2.05) is 27.0 Å². The molecule has 0 bridgehead atoms. The number of pyridine rings is 1. The van der Waals surface area contributed by atoms with Gasteiger partial charge in [0.1, 0.15) is 0 Å². The quantitative estimate of drug-likeness (QED) is 0.604. The van der Waals surface area contributed by atoms with Crippen LogP contribution in [0.25, 0.3) is 0 Å². The molecule has 0 aliphatic rings. The van der Waals surface area contributed by atoms with Gasteiger partial charge in [-0.2, -0.15) is 0 Å². The molecule has 0 amide bonds. The minimum Gasteiger partial charge on any atom is -0.302 e. The van der Waals surface area contributed by atoms with E-state index in [1.54, 1.807) is 0 Å². The summed E-state index contributed by atoms with van der Waals surface area (Å²) in [4.78, 5) is 4.27. The number of nitrogens with one attached hydrogen (secondary N) is 1. The first-order valence-electron chi connectivity index (χ1n) is 5.30. The van der Waals surface area contributed by atoms with E-state index in [4.69, 9.17) is 6.42 Å². The van der Waals surface area contributed by atoms with Gasteiger partial charge in [-0.15, -0.1) is 6.42 Å². The van der Waals surface area contributed by atoms with Crippen molar-refractivity contribution in [3.8, 4) is 12.3 Å². The third-order valence-electron chi connectivity index (χ3n) is 1.95. The van der Waals surface area contributed by atoms with Crippen LogP contribution in [0.4, 0.5) is 0 Å². The van der Waals surface area contributed by atoms with E-state index in [-0.39, 0.29) is 0 Å². The first-order valence-corrected chi connectivity index (χ1v) is 5.30. The molecule has 0 aliphatic carbocycles. The van der Waals surface area contributed by atoms with Gasteiger partial charge in [0.05, 0.1) is 6.54 Å². The average molecular weight is 204 g/mol. The maximum absolute atomic E-state index is 5.12. The van der Waals surface area contributed by atoms with Gasteiger partial charge in [-0.25, -0.2) is 0 Å². The second-order valence-electron chi connectivity index (χ2n) is 3.05. The predicted molar refractivity (Wildman–Crippen MR) is 65.6 cm³/mol. The largest absolute Gasteiger partial charge is 0.302 e. The fraction of sp³-hybridized carbons (Fsp3) is 0.462. The molecule has 0 spiro atoms. The third-order valence-corrected chi connectivity index (χ3v) is 1.95. The number of nitrogens with zero attached hydrogens (tertiary/aromatic N) is 1. The van der Waals surface area contributed by atoms with Crippen LogP contribution < -0.4 is 5.32 Å². The Labute approximate surface area is 93.1 Å². The topological polar surface area (TPSA) is 24.9 Å². The zero-order chi connectivity index (χ0) is 11.7. The van der Waals surface area contributed by atoms with Gasteiger partial charge in [-0.3, -0.25) is 4.98 Å². The highest BCUT2D eigenvalue weighted by atomic mass is 14.8. The lowest BCUT2D eigenvalue weighted by molar-refractivity contribution is 0.765. The molecule has 0 aromatic carbocycles. The maximum atomic E-state index is 5.12. The van der Waals surface area contributed by atoms with E-state index in [2.05, 4.69) is 29.2 Å². The molecule has 0 saturated heterocycles. The lowest BCUT2D eigenvalue weighted by atomic mass is 10.1. The highest BCUT2D eigenvalue weighted by molar-refractivity contribution is 5.22. The summed E-state index contributed by atoms with van der Waals surface area (Å²) in [6.45, 7) is 9.46. The van der Waals surface area contributed by atoms with Gasteiger partial charge in [-0.05, 0) is 25.0 Å². The van der Waals surface area contributed by atoms with Gasteiger partial charge in [-0.1, -0.05) is 25.8 Å². The monoisotopic (exact) mass is 204 g/mol. The smallest absolute Gasteiger partial charge is 0.0576 e. The highest BCUT2D eigenvalue weighted by Crippen LogP contribution is 2.05. The van der Waals surface area contributed by atoms with Crippen LogP contribution in [0.3, 0.4) is 0 Å². The second-order valence-corrected chi connectivity index (χ2v) is 3.05. The van der Waals surface area contributed by atoms with Gasteiger partial charge in [0, 0.05) is 18.4 Å². The Morgan fingerprint density at radius 2 is 2.07 bits per heavy atom. The van der Waals surface area contributed by atoms with Crippen molar-refractivity contribution < 1.29 is 0 Å². The molecule has 15 heavy (non-hydrogen) atoms. The van der Waals surface area contributed by atoms with Gasteiger partial charge in [0.15, 0.2) is 0 Å². The molecule has 0 radical (unpaired) electrons. The third kappa shape index (κ3) is 5.19. The SMILES string of the molecule is C#CCNCc1cnc(C)c(C)c1.CC. The Balaban J connectivity index is 0.000000921. The first-order chi connectivity index (χ1) is 7.24. The molecular weight excluding hydrogens is 184 g/mol. The second kappa shape index (κ2) is 8.02. The normalized spacial score (nSPS) is 8.73. The van der Waals surface area contributed by atoms with Crippen molar-refractivity contribution in [3.63, 3.8) is 0 Å². The van der Waals surface area contributed by atoms with E-state index in [0.717, 1.165) is 12.2 Å². The van der Waals surface area contributed by atoms with Gasteiger partial charge in [0.2, 0.25) is 0 Å². The molecule has 0 fully saturated rings. The Bertz CT molecular complexity index is 324. The lowest BCUT2D eigenvalue weighted by Crippen LogP contribution is -2.13. The minimum absolute atomic E-state index is 0.604. The summed E-state index contributed by atoms with van der Waals surface area (Å²) in [5, 5.41) is 3.12. The van der Waals surface area contributed by atoms with Crippen LogP contribution in [-0.2, 0) is 6.54 Å². The van der Waals surface area contributed by atoms with Crippen LogP contribution >= 0.6 is 0 Å². The summed E-state index contributed by atoms with van der Waals surface area (Å²) in [5.41, 5.74) is 3.49. The number of terminal acetylenes is 1. The molecule has 1 heterocycles. The molecule has 2 heteroatoms. The molecule has 0 atom stereocenters. The fourth-order valence-electron chi connectivity index (χ4n) is 1.08. The van der Waals surface area contributed by atoms with E-state index in [0.29, 0.717) is 6.54 Å². The zero-order valence-corrected chi connectivity index (χ0v) is 10.1. The maximum Gasteiger partial charge on any atom is 0.0576 e. The summed E-state index contributed by atoms with van der Waals surface area (Å²) in [5.74, 6) is 2.53. The van der Waals surface area contributed by atoms with Crippen molar-refractivity contribution in [3.05, 3.63) is 29.1 Å². The van der Waals surface area contributed by atoms with Crippen molar-refractivity contribution in [2.45, 2.75) is 34.2 Å². The van der Waals surface area contributed by atoms with Crippen LogP contribution in [0.5, 0.6) is 0 Å². The molecule has 0 saturated carbocycles. The average Bonchev–Trinajstić information content (AvgIpc) is 2.27. The summed E-state index contributed by atoms with van der Waals surface area (Å²) < 4.78 is 0. The number of aromatic nitrogens is 1. The fourth-order valence-corrected chi connectivity index (χ4v) is 1.08. The molecule has 1 rings (SSSR count). The van der Waals surface area contributed by atoms with Crippen molar-refractivity contribution in [2.75, 3.05) is 6.54 Å². The molecule has 1 aromatic rings. The number of hydrogen-bond donors (Lipinski definition) is 1. The van der Waals surface area contributed by atoms with Crippen molar-refractivity contribution in [2.24, 2.45) is 0 Å². The Kier molecular flexibility index (Phi) is 7.31. The van der Waals surface area contributed by atoms with Crippen LogP contribution in [0, 0.1) is 26.2 Å². The van der Waals surface area contributed by atoms with E-state index in [1.165, 1.54) is 11.1 Å². The van der Waals surface area contributed by atoms with Crippen LogP contribution in [0.1, 0.15) is 30.7 Å². The summed E-state index contributed by atoms with van der Waals surface area (Å²) in [6, 6.07) is 2.13. The zero-order valence-electron chi connectivity index (χ0n) is 10.1. The number of hydrogen-bond acceptors (Lipinski definition) is 2. The molecular formula is C13H20N2. The summed E-state index contributed by atoms with van der Waals surface area (Å²) >= 11 is 0. The van der Waals surface area contributed by atoms with Crippen LogP contribution in [0.15, 0.2) is 12.3 Å². The summed E-state index contributed by atoms with van der Waals surface area (Å²) in [7, 11) is 0. The Morgan fingerprint density at radius 1 is 1.40 bits per heavy atom. The molecule has 0 aliphatic heterocycles. The van der Waals surface area contributed by atoms with Crippen molar-refractivity contribution >= 4 is 0 Å². The Morgan fingerprint density at radius 3 is 2.60 bits per heavy atom. The minimum atomic E-state index is 0.604. The molecule has 82 valence electrons. The van der Waals surface area contributed by atoms with E-state index >= 15 is 0 Å². The predicted octanol–water partition coefficient (Wildman–Crippen LogP) is 2.45. The molecule has 1 aromatic heterocycles. The number of aryl methyl sites for hydroxylation is 2. The van der Waals surface area contributed by atoms with Crippen molar-refractivity contribution in [1.82, 2.24) is 10.3 Å². The summed E-state index contributed by atoms with van der Waals surface area (Å²) in [6.07, 6.45) is 7.00. The van der Waals surface area contributed by atoms with Crippen molar-refractivity contribution in [1.29, 1.82) is 0 Å². The Hall–Kier alpha value is -1.33. The van der Waals surface area contributed by atoms with Crippen LogP contribution in [-0.4, -0.2) is 11.5 Å². The number of rotatable bonds is 3. The van der Waals surface area contributed by atoms with E-state index < -0.39 is 0 Å². The highest BCUT2D eigenvalue weighted by Gasteiger charge is 1.96. The molecule has 2 nitrogen and oxygen atoms in total. The van der Waals surface area contributed by atoms with Gasteiger partial charge < -0.3 is 5.32 Å².